The van der Waals surface area contributed by atoms with E-state index >= 15 is 0 Å². The van der Waals surface area contributed by atoms with Crippen LogP contribution in [-0.2, 0) is 13.0 Å². The molecule has 1 aliphatic rings. The van der Waals surface area contributed by atoms with E-state index in [0.29, 0.717) is 0 Å². The van der Waals surface area contributed by atoms with E-state index in [1.165, 1.54) is 17.5 Å². The van der Waals surface area contributed by atoms with Crippen LogP contribution in [0.25, 0.3) is 0 Å². The topological polar surface area (TPSA) is 29.3 Å². The molecule has 2 N–H and O–H groups in total. The Bertz CT molecular complexity index is 506. The Labute approximate surface area is 112 Å². The van der Waals surface area contributed by atoms with Gasteiger partial charge in [-0.3, -0.25) is 4.90 Å². The van der Waals surface area contributed by atoms with Gasteiger partial charge in [0, 0.05) is 30.6 Å². The van der Waals surface area contributed by atoms with Crippen LogP contribution in [0.2, 0.25) is 0 Å². The van der Waals surface area contributed by atoms with Gasteiger partial charge in [-0.25, -0.2) is 0 Å². The van der Waals surface area contributed by atoms with Crippen molar-refractivity contribution in [3.05, 3.63) is 57.8 Å². The summed E-state index contributed by atoms with van der Waals surface area (Å²) in [5.41, 5.74) is 9.00. The van der Waals surface area contributed by atoms with Crippen molar-refractivity contribution in [3.8, 4) is 0 Å². The second-order valence-electron chi connectivity index (χ2n) is 4.87. The van der Waals surface area contributed by atoms with Crippen molar-refractivity contribution >= 4 is 11.3 Å². The zero-order valence-corrected chi connectivity index (χ0v) is 11.2. The number of rotatable bonds is 3. The maximum Gasteiger partial charge on any atom is 0.0424 e. The fourth-order valence-electron chi connectivity index (χ4n) is 2.55. The minimum absolute atomic E-state index is 0.117. The molecule has 0 amide bonds. The summed E-state index contributed by atoms with van der Waals surface area (Å²) in [5.74, 6) is 0. The van der Waals surface area contributed by atoms with E-state index < -0.39 is 0 Å². The molecule has 94 valence electrons. The van der Waals surface area contributed by atoms with Crippen molar-refractivity contribution in [2.24, 2.45) is 5.73 Å². The van der Waals surface area contributed by atoms with E-state index in [0.717, 1.165) is 19.6 Å². The molecule has 0 saturated heterocycles. The summed E-state index contributed by atoms with van der Waals surface area (Å²) in [6.07, 6.45) is 1.18. The molecule has 3 rings (SSSR count). The van der Waals surface area contributed by atoms with Crippen molar-refractivity contribution in [3.63, 3.8) is 0 Å². The molecule has 0 spiro atoms. The summed E-state index contributed by atoms with van der Waals surface area (Å²) in [7, 11) is 0. The fourth-order valence-corrected chi connectivity index (χ4v) is 3.44. The number of nitrogens with two attached hydrogens (primary N) is 1. The van der Waals surface area contributed by atoms with Gasteiger partial charge in [-0.05, 0) is 29.0 Å². The van der Waals surface area contributed by atoms with Crippen molar-refractivity contribution in [2.75, 3.05) is 13.1 Å². The van der Waals surface area contributed by atoms with Gasteiger partial charge in [0.2, 0.25) is 0 Å². The minimum atomic E-state index is 0.117. The molecular formula is C15H18N2S. The van der Waals surface area contributed by atoms with Crippen LogP contribution in [0.5, 0.6) is 0 Å². The molecule has 2 heterocycles. The third kappa shape index (κ3) is 2.48. The number of nitrogens with zero attached hydrogens (tertiary/aromatic N) is 1. The molecule has 0 radical (unpaired) electrons. The largest absolute Gasteiger partial charge is 0.323 e. The lowest BCUT2D eigenvalue weighted by Crippen LogP contribution is -2.35. The molecule has 18 heavy (non-hydrogen) atoms. The number of hydrogen-bond donors (Lipinski definition) is 1. The third-order valence-corrected chi connectivity index (χ3v) is 4.59. The Morgan fingerprint density at radius 2 is 2.06 bits per heavy atom. The second-order valence-corrected chi connectivity index (χ2v) is 5.87. The zero-order chi connectivity index (χ0) is 12.4. The van der Waals surface area contributed by atoms with Crippen LogP contribution in [0.1, 0.15) is 22.0 Å². The Morgan fingerprint density at radius 3 is 2.89 bits per heavy atom. The second kappa shape index (κ2) is 5.22. The summed E-state index contributed by atoms with van der Waals surface area (Å²) < 4.78 is 0. The molecule has 0 saturated carbocycles. The van der Waals surface area contributed by atoms with Crippen LogP contribution in [-0.4, -0.2) is 18.0 Å². The first-order valence-corrected chi connectivity index (χ1v) is 7.29. The van der Waals surface area contributed by atoms with E-state index in [1.54, 1.807) is 4.88 Å². The first-order chi connectivity index (χ1) is 8.83. The van der Waals surface area contributed by atoms with Gasteiger partial charge in [-0.1, -0.05) is 30.3 Å². The lowest BCUT2D eigenvalue weighted by Gasteiger charge is -2.29. The number of thiophene rings is 1. The number of hydrogen-bond acceptors (Lipinski definition) is 3. The van der Waals surface area contributed by atoms with Crippen molar-refractivity contribution in [2.45, 2.75) is 19.0 Å². The van der Waals surface area contributed by atoms with Crippen LogP contribution in [0.4, 0.5) is 0 Å². The lowest BCUT2D eigenvalue weighted by atomic mass is 10.0. The zero-order valence-electron chi connectivity index (χ0n) is 10.4. The van der Waals surface area contributed by atoms with Gasteiger partial charge in [-0.15, -0.1) is 11.3 Å². The van der Waals surface area contributed by atoms with Gasteiger partial charge < -0.3 is 5.73 Å². The molecule has 0 aliphatic carbocycles. The molecule has 0 bridgehead atoms. The highest BCUT2D eigenvalue weighted by Gasteiger charge is 2.19. The Kier molecular flexibility index (Phi) is 3.46. The molecule has 1 atom stereocenters. The fraction of sp³-hybridized carbons (Fsp3) is 0.333. The molecule has 2 nitrogen and oxygen atoms in total. The quantitative estimate of drug-likeness (QED) is 0.917. The molecule has 1 aromatic carbocycles. The monoisotopic (exact) mass is 258 g/mol. The number of benzene rings is 1. The van der Waals surface area contributed by atoms with E-state index in [1.807, 2.05) is 17.4 Å². The summed E-state index contributed by atoms with van der Waals surface area (Å²) in [6, 6.07) is 12.8. The maximum atomic E-state index is 6.28. The van der Waals surface area contributed by atoms with Gasteiger partial charge in [0.1, 0.15) is 0 Å². The highest BCUT2D eigenvalue weighted by Crippen LogP contribution is 2.25. The average Bonchev–Trinajstić information content (AvgIpc) is 2.87. The Morgan fingerprint density at radius 1 is 1.22 bits per heavy atom. The van der Waals surface area contributed by atoms with Gasteiger partial charge >= 0.3 is 0 Å². The van der Waals surface area contributed by atoms with Gasteiger partial charge in [0.05, 0.1) is 0 Å². The minimum Gasteiger partial charge on any atom is -0.323 e. The van der Waals surface area contributed by atoms with Crippen LogP contribution in [0.3, 0.4) is 0 Å². The standard InChI is InChI=1S/C15H18N2S/c16-14(12-4-2-1-3-5-12)11-17-8-6-15-13(10-17)7-9-18-15/h1-5,7,9,14H,6,8,10-11,16H2. The van der Waals surface area contributed by atoms with E-state index in [2.05, 4.69) is 40.6 Å². The van der Waals surface area contributed by atoms with Crippen LogP contribution in [0.15, 0.2) is 41.8 Å². The van der Waals surface area contributed by atoms with Gasteiger partial charge in [0.25, 0.3) is 0 Å². The molecular weight excluding hydrogens is 240 g/mol. The average molecular weight is 258 g/mol. The number of fused-ring (bicyclic) bond motifs is 1. The summed E-state index contributed by atoms with van der Waals surface area (Å²) in [5, 5.41) is 2.20. The van der Waals surface area contributed by atoms with E-state index in [-0.39, 0.29) is 6.04 Å². The molecule has 1 aliphatic heterocycles. The molecule has 0 fully saturated rings. The Hall–Kier alpha value is -1.16. The highest BCUT2D eigenvalue weighted by atomic mass is 32.1. The lowest BCUT2D eigenvalue weighted by molar-refractivity contribution is 0.240. The maximum absolute atomic E-state index is 6.28. The first kappa shape index (κ1) is 11.9. The first-order valence-electron chi connectivity index (χ1n) is 6.41. The van der Waals surface area contributed by atoms with Gasteiger partial charge in [-0.2, -0.15) is 0 Å². The molecule has 3 heteroatoms. The predicted octanol–water partition coefficient (Wildman–Crippen LogP) is 2.81. The van der Waals surface area contributed by atoms with Crippen molar-refractivity contribution in [1.82, 2.24) is 4.90 Å². The van der Waals surface area contributed by atoms with E-state index in [4.69, 9.17) is 5.73 Å². The smallest absolute Gasteiger partial charge is 0.0424 e. The third-order valence-electron chi connectivity index (χ3n) is 3.57. The molecule has 2 aromatic rings. The normalized spacial score (nSPS) is 17.4. The summed E-state index contributed by atoms with van der Waals surface area (Å²) in [4.78, 5) is 4.02. The van der Waals surface area contributed by atoms with Crippen LogP contribution >= 0.6 is 11.3 Å². The molecule has 1 unspecified atom stereocenters. The summed E-state index contributed by atoms with van der Waals surface area (Å²) >= 11 is 1.88. The van der Waals surface area contributed by atoms with Crippen LogP contribution < -0.4 is 5.73 Å². The van der Waals surface area contributed by atoms with Crippen molar-refractivity contribution in [1.29, 1.82) is 0 Å². The van der Waals surface area contributed by atoms with E-state index in [9.17, 15) is 0 Å². The highest BCUT2D eigenvalue weighted by molar-refractivity contribution is 7.10. The van der Waals surface area contributed by atoms with Crippen LogP contribution in [0, 0.1) is 0 Å². The Balaban J connectivity index is 1.65. The summed E-state index contributed by atoms with van der Waals surface area (Å²) in [6.45, 7) is 3.13. The SMILES string of the molecule is NC(CN1CCc2sccc2C1)c1ccccc1. The van der Waals surface area contributed by atoms with Crippen molar-refractivity contribution < 1.29 is 0 Å². The molecule has 1 aromatic heterocycles. The van der Waals surface area contributed by atoms with Gasteiger partial charge in [0.15, 0.2) is 0 Å². The predicted molar refractivity (Wildman–Crippen MR) is 76.7 cm³/mol.